The fourth-order valence-electron chi connectivity index (χ4n) is 3.22. The van der Waals surface area contributed by atoms with Gasteiger partial charge in [0, 0.05) is 5.39 Å². The van der Waals surface area contributed by atoms with Gasteiger partial charge in [0.25, 0.3) is 0 Å². The van der Waals surface area contributed by atoms with Crippen LogP contribution in [0.2, 0.25) is 0 Å². The van der Waals surface area contributed by atoms with Crippen LogP contribution in [0.25, 0.3) is 11.0 Å². The van der Waals surface area contributed by atoms with Crippen molar-refractivity contribution in [3.8, 4) is 0 Å². The number of benzene rings is 1. The highest BCUT2D eigenvalue weighted by Gasteiger charge is 2.37. The molecule has 1 aromatic carbocycles. The van der Waals surface area contributed by atoms with Gasteiger partial charge in [-0.15, -0.1) is 0 Å². The molecule has 1 aliphatic heterocycles. The van der Waals surface area contributed by atoms with E-state index >= 15 is 0 Å². The van der Waals surface area contributed by atoms with Crippen LogP contribution in [0.3, 0.4) is 0 Å². The molecule has 1 saturated heterocycles. The molecule has 2 aromatic rings. The highest BCUT2D eigenvalue weighted by atomic mass is 16.3. The quantitative estimate of drug-likeness (QED) is 0.877. The van der Waals surface area contributed by atoms with Gasteiger partial charge >= 0.3 is 0 Å². The highest BCUT2D eigenvalue weighted by Crippen LogP contribution is 2.38. The van der Waals surface area contributed by atoms with Crippen LogP contribution in [0, 0.1) is 6.92 Å². The number of hydrogen-bond donors (Lipinski definition) is 1. The Morgan fingerprint density at radius 1 is 1.39 bits per heavy atom. The minimum absolute atomic E-state index is 0.0835. The molecular weight excluding hydrogens is 222 g/mol. The van der Waals surface area contributed by atoms with Gasteiger partial charge in [-0.2, -0.15) is 0 Å². The summed E-state index contributed by atoms with van der Waals surface area (Å²) < 4.78 is 6.18. The molecule has 1 unspecified atom stereocenters. The molecule has 2 heterocycles. The van der Waals surface area contributed by atoms with Crippen molar-refractivity contribution in [1.82, 2.24) is 5.32 Å². The van der Waals surface area contributed by atoms with Crippen LogP contribution < -0.4 is 5.32 Å². The summed E-state index contributed by atoms with van der Waals surface area (Å²) in [5, 5.41) is 4.90. The smallest absolute Gasteiger partial charge is 0.137 e. The lowest BCUT2D eigenvalue weighted by atomic mass is 9.89. The monoisotopic (exact) mass is 243 g/mol. The molecule has 18 heavy (non-hydrogen) atoms. The number of hydrogen-bond acceptors (Lipinski definition) is 2. The minimum atomic E-state index is 0.0835. The van der Waals surface area contributed by atoms with E-state index in [4.69, 9.17) is 4.42 Å². The Labute approximate surface area is 108 Å². The van der Waals surface area contributed by atoms with Gasteiger partial charge in [-0.25, -0.2) is 0 Å². The summed E-state index contributed by atoms with van der Waals surface area (Å²) >= 11 is 0. The van der Waals surface area contributed by atoms with E-state index in [0.29, 0.717) is 0 Å². The minimum Gasteiger partial charge on any atom is -0.459 e. The molecule has 96 valence electrons. The first kappa shape index (κ1) is 11.8. The van der Waals surface area contributed by atoms with Crippen molar-refractivity contribution >= 4 is 11.0 Å². The summed E-state index contributed by atoms with van der Waals surface area (Å²) in [5.41, 5.74) is 2.36. The maximum absolute atomic E-state index is 6.18. The molecule has 1 fully saturated rings. The molecule has 1 N–H and O–H groups in total. The molecular formula is C16H21NO. The van der Waals surface area contributed by atoms with Crippen LogP contribution >= 0.6 is 0 Å². The second-order valence-corrected chi connectivity index (χ2v) is 5.47. The number of fused-ring (bicyclic) bond motifs is 1. The van der Waals surface area contributed by atoms with Gasteiger partial charge in [-0.05, 0) is 44.4 Å². The molecule has 2 nitrogen and oxygen atoms in total. The largest absolute Gasteiger partial charge is 0.459 e. The lowest BCUT2D eigenvalue weighted by Gasteiger charge is -2.26. The van der Waals surface area contributed by atoms with Crippen LogP contribution in [0.4, 0.5) is 0 Å². The molecule has 0 amide bonds. The third-order valence-electron chi connectivity index (χ3n) is 4.13. The zero-order valence-electron chi connectivity index (χ0n) is 11.3. The SMILES string of the molecule is CCCC1(c2cc3cccc(C)c3o2)CCCN1. The zero-order valence-corrected chi connectivity index (χ0v) is 11.3. The zero-order chi connectivity index (χ0) is 12.6. The van der Waals surface area contributed by atoms with Gasteiger partial charge in [0.2, 0.25) is 0 Å². The molecule has 1 aliphatic rings. The fourth-order valence-corrected chi connectivity index (χ4v) is 3.22. The number of rotatable bonds is 3. The summed E-state index contributed by atoms with van der Waals surface area (Å²) in [6, 6.07) is 8.59. The van der Waals surface area contributed by atoms with E-state index in [2.05, 4.69) is 43.4 Å². The summed E-state index contributed by atoms with van der Waals surface area (Å²) in [4.78, 5) is 0. The van der Waals surface area contributed by atoms with Gasteiger partial charge in [0.05, 0.1) is 5.54 Å². The van der Waals surface area contributed by atoms with Gasteiger partial charge in [0.15, 0.2) is 0 Å². The second-order valence-electron chi connectivity index (χ2n) is 5.47. The molecule has 0 radical (unpaired) electrons. The molecule has 0 saturated carbocycles. The average molecular weight is 243 g/mol. The van der Waals surface area contributed by atoms with Gasteiger partial charge in [-0.3, -0.25) is 0 Å². The van der Waals surface area contributed by atoms with Crippen molar-refractivity contribution in [3.05, 3.63) is 35.6 Å². The normalized spacial score (nSPS) is 23.9. The predicted octanol–water partition coefficient (Wildman–Crippen LogP) is 4.12. The molecule has 0 aliphatic carbocycles. The topological polar surface area (TPSA) is 25.2 Å². The molecule has 2 heteroatoms. The summed E-state index contributed by atoms with van der Waals surface area (Å²) in [6.07, 6.45) is 4.78. The van der Waals surface area contributed by atoms with E-state index in [-0.39, 0.29) is 5.54 Å². The van der Waals surface area contributed by atoms with E-state index in [1.54, 1.807) is 0 Å². The standard InChI is InChI=1S/C16H21NO/c1-3-8-16(9-5-10-17-16)14-11-13-7-4-6-12(2)15(13)18-14/h4,6-7,11,17H,3,5,8-10H2,1-2H3. The van der Waals surface area contributed by atoms with Crippen molar-refractivity contribution in [1.29, 1.82) is 0 Å². The molecule has 0 bridgehead atoms. The first-order chi connectivity index (χ1) is 8.75. The van der Waals surface area contributed by atoms with Crippen LogP contribution in [0.5, 0.6) is 0 Å². The predicted molar refractivity (Wildman–Crippen MR) is 74.8 cm³/mol. The summed E-state index contributed by atoms with van der Waals surface area (Å²) in [7, 11) is 0. The Bertz CT molecular complexity index is 549. The Morgan fingerprint density at radius 3 is 2.94 bits per heavy atom. The summed E-state index contributed by atoms with van der Waals surface area (Å²) in [6.45, 7) is 5.47. The highest BCUT2D eigenvalue weighted by molar-refractivity contribution is 5.81. The van der Waals surface area contributed by atoms with Crippen molar-refractivity contribution < 1.29 is 4.42 Å². The fraction of sp³-hybridized carbons (Fsp3) is 0.500. The first-order valence-corrected chi connectivity index (χ1v) is 7.00. The van der Waals surface area contributed by atoms with Crippen molar-refractivity contribution in [3.63, 3.8) is 0 Å². The number of aryl methyl sites for hydroxylation is 1. The van der Waals surface area contributed by atoms with Gasteiger partial charge < -0.3 is 9.73 Å². The van der Waals surface area contributed by atoms with E-state index in [1.165, 1.54) is 30.2 Å². The Balaban J connectivity index is 2.09. The maximum Gasteiger partial charge on any atom is 0.137 e. The van der Waals surface area contributed by atoms with E-state index in [0.717, 1.165) is 24.3 Å². The third kappa shape index (κ3) is 1.76. The van der Waals surface area contributed by atoms with Crippen LogP contribution in [0.15, 0.2) is 28.7 Å². The van der Waals surface area contributed by atoms with Gasteiger partial charge in [0.1, 0.15) is 11.3 Å². The average Bonchev–Trinajstić information content (AvgIpc) is 2.97. The van der Waals surface area contributed by atoms with Crippen molar-refractivity contribution in [2.45, 2.75) is 45.1 Å². The number of nitrogens with one attached hydrogen (secondary N) is 1. The molecule has 1 aromatic heterocycles. The summed E-state index contributed by atoms with van der Waals surface area (Å²) in [5.74, 6) is 1.13. The van der Waals surface area contributed by atoms with Crippen LogP contribution in [0.1, 0.15) is 43.9 Å². The molecule has 3 rings (SSSR count). The second kappa shape index (κ2) is 4.43. The van der Waals surface area contributed by atoms with Gasteiger partial charge in [-0.1, -0.05) is 31.5 Å². The molecule has 0 spiro atoms. The van der Waals surface area contributed by atoms with Crippen molar-refractivity contribution in [2.75, 3.05) is 6.54 Å². The van der Waals surface area contributed by atoms with Crippen molar-refractivity contribution in [2.24, 2.45) is 0 Å². The number of para-hydroxylation sites is 1. The van der Waals surface area contributed by atoms with E-state index < -0.39 is 0 Å². The maximum atomic E-state index is 6.18. The van der Waals surface area contributed by atoms with E-state index in [1.807, 2.05) is 0 Å². The Kier molecular flexibility index (Phi) is 2.90. The van der Waals surface area contributed by atoms with E-state index in [9.17, 15) is 0 Å². The lowest BCUT2D eigenvalue weighted by Crippen LogP contribution is -2.36. The Hall–Kier alpha value is -1.28. The van der Waals surface area contributed by atoms with Crippen LogP contribution in [-0.4, -0.2) is 6.54 Å². The lowest BCUT2D eigenvalue weighted by molar-refractivity contribution is 0.292. The first-order valence-electron chi connectivity index (χ1n) is 7.00. The third-order valence-corrected chi connectivity index (χ3v) is 4.13. The number of furan rings is 1. The Morgan fingerprint density at radius 2 is 2.28 bits per heavy atom. The van der Waals surface area contributed by atoms with Crippen LogP contribution in [-0.2, 0) is 5.54 Å². The molecule has 1 atom stereocenters.